The molecular formula is C17H26ClN5OS. The quantitative estimate of drug-likeness (QED) is 0.803. The van der Waals surface area contributed by atoms with Crippen molar-refractivity contribution in [3.8, 4) is 0 Å². The highest BCUT2D eigenvalue weighted by Crippen LogP contribution is 2.22. The van der Waals surface area contributed by atoms with Gasteiger partial charge in [-0.1, -0.05) is 6.07 Å². The minimum Gasteiger partial charge on any atom is -0.349 e. The lowest BCUT2D eigenvalue weighted by molar-refractivity contribution is 0.0936. The number of halogens is 1. The Morgan fingerprint density at radius 3 is 3.00 bits per heavy atom. The van der Waals surface area contributed by atoms with Gasteiger partial charge in [0.05, 0.1) is 12.1 Å². The van der Waals surface area contributed by atoms with Crippen molar-refractivity contribution in [2.45, 2.75) is 24.9 Å². The molecule has 1 fully saturated rings. The van der Waals surface area contributed by atoms with Gasteiger partial charge >= 0.3 is 0 Å². The standard InChI is InChI=1S/C17H25N5OS.ClH/c1-21(2)15(16-6-4-10-24-16)12-19-17(23)14-7-9-22(20-14)13-5-3-8-18-11-13;/h4,6-7,9-10,13,15,18H,3,5,8,11-12H2,1-2H3,(H,19,23);1H. The molecular weight excluding hydrogens is 358 g/mol. The van der Waals surface area contributed by atoms with Gasteiger partial charge in [0.1, 0.15) is 5.69 Å². The van der Waals surface area contributed by atoms with E-state index in [2.05, 4.69) is 32.1 Å². The Labute approximate surface area is 159 Å². The summed E-state index contributed by atoms with van der Waals surface area (Å²) in [6.07, 6.45) is 4.17. The second kappa shape index (κ2) is 9.33. The van der Waals surface area contributed by atoms with E-state index in [-0.39, 0.29) is 24.4 Å². The SMILES string of the molecule is CN(C)C(CNC(=O)c1ccn(C2CCCNC2)n1)c1cccs1.Cl. The monoisotopic (exact) mass is 383 g/mol. The molecule has 1 aliphatic heterocycles. The molecule has 1 aliphatic rings. The minimum absolute atomic E-state index is 0. The molecule has 3 rings (SSSR count). The molecule has 2 N–H and O–H groups in total. The smallest absolute Gasteiger partial charge is 0.271 e. The van der Waals surface area contributed by atoms with E-state index in [1.165, 1.54) is 4.88 Å². The number of nitrogens with zero attached hydrogens (tertiary/aromatic N) is 3. The predicted octanol–water partition coefficient (Wildman–Crippen LogP) is 2.32. The van der Waals surface area contributed by atoms with Gasteiger partial charge in [-0.15, -0.1) is 23.7 Å². The van der Waals surface area contributed by atoms with Gasteiger partial charge in [-0.25, -0.2) is 0 Å². The summed E-state index contributed by atoms with van der Waals surface area (Å²) in [5, 5.41) is 12.9. The summed E-state index contributed by atoms with van der Waals surface area (Å²) in [6, 6.07) is 6.48. The molecule has 1 amide bonds. The maximum absolute atomic E-state index is 12.4. The van der Waals surface area contributed by atoms with Crippen LogP contribution in [0, 0.1) is 0 Å². The van der Waals surface area contributed by atoms with Gasteiger partial charge in [0, 0.05) is 24.2 Å². The molecule has 25 heavy (non-hydrogen) atoms. The summed E-state index contributed by atoms with van der Waals surface area (Å²) in [5.41, 5.74) is 0.490. The van der Waals surface area contributed by atoms with Gasteiger partial charge in [-0.2, -0.15) is 5.10 Å². The number of rotatable bonds is 6. The molecule has 2 aromatic heterocycles. The predicted molar refractivity (Wildman–Crippen MR) is 104 cm³/mol. The van der Waals surface area contributed by atoms with Crippen LogP contribution in [0.5, 0.6) is 0 Å². The number of carbonyl (C=O) groups is 1. The second-order valence-electron chi connectivity index (χ2n) is 6.39. The van der Waals surface area contributed by atoms with E-state index < -0.39 is 0 Å². The van der Waals surface area contributed by atoms with Crippen molar-refractivity contribution < 1.29 is 4.79 Å². The normalized spacial score (nSPS) is 18.6. The summed E-state index contributed by atoms with van der Waals surface area (Å²) in [4.78, 5) is 15.8. The Bertz CT molecular complexity index is 652. The van der Waals surface area contributed by atoms with E-state index in [0.717, 1.165) is 25.9 Å². The van der Waals surface area contributed by atoms with Crippen LogP contribution in [-0.2, 0) is 0 Å². The van der Waals surface area contributed by atoms with E-state index in [0.29, 0.717) is 18.3 Å². The topological polar surface area (TPSA) is 62.2 Å². The second-order valence-corrected chi connectivity index (χ2v) is 7.37. The van der Waals surface area contributed by atoms with Crippen LogP contribution in [0.3, 0.4) is 0 Å². The number of amides is 1. The first-order valence-corrected chi connectivity index (χ1v) is 9.27. The molecule has 2 atom stereocenters. The lowest BCUT2D eigenvalue weighted by atomic mass is 10.1. The van der Waals surface area contributed by atoms with Gasteiger partial charge in [0.2, 0.25) is 0 Å². The van der Waals surface area contributed by atoms with Crippen molar-refractivity contribution in [3.63, 3.8) is 0 Å². The minimum atomic E-state index is -0.110. The zero-order chi connectivity index (χ0) is 16.9. The molecule has 0 radical (unpaired) electrons. The highest BCUT2D eigenvalue weighted by molar-refractivity contribution is 7.10. The maximum atomic E-state index is 12.4. The van der Waals surface area contributed by atoms with Gasteiger partial charge in [0.15, 0.2) is 0 Å². The highest BCUT2D eigenvalue weighted by Gasteiger charge is 2.20. The van der Waals surface area contributed by atoms with Crippen LogP contribution in [0.2, 0.25) is 0 Å². The Morgan fingerprint density at radius 1 is 1.52 bits per heavy atom. The fraction of sp³-hybridized carbons (Fsp3) is 0.529. The fourth-order valence-corrected chi connectivity index (χ4v) is 3.94. The van der Waals surface area contributed by atoms with Gasteiger partial charge in [0.25, 0.3) is 5.91 Å². The number of hydrogen-bond acceptors (Lipinski definition) is 5. The summed E-state index contributed by atoms with van der Waals surface area (Å²) < 4.78 is 1.92. The van der Waals surface area contributed by atoms with Crippen molar-refractivity contribution in [1.82, 2.24) is 25.3 Å². The van der Waals surface area contributed by atoms with Crippen molar-refractivity contribution >= 4 is 29.7 Å². The van der Waals surface area contributed by atoms with E-state index in [9.17, 15) is 4.79 Å². The summed E-state index contributed by atoms with van der Waals surface area (Å²) >= 11 is 1.71. The van der Waals surface area contributed by atoms with Crippen molar-refractivity contribution in [1.29, 1.82) is 0 Å². The first-order chi connectivity index (χ1) is 11.6. The Hall–Kier alpha value is -1.41. The molecule has 0 aromatic carbocycles. The number of thiophene rings is 1. The molecule has 0 saturated carbocycles. The molecule has 1 saturated heterocycles. The van der Waals surface area contributed by atoms with Crippen molar-refractivity contribution in [2.75, 3.05) is 33.7 Å². The fourth-order valence-electron chi connectivity index (χ4n) is 3.02. The number of hydrogen-bond donors (Lipinski definition) is 2. The van der Waals surface area contributed by atoms with Gasteiger partial charge in [-0.05, 0) is 51.0 Å². The Morgan fingerprint density at radius 2 is 2.36 bits per heavy atom. The van der Waals surface area contributed by atoms with Crippen LogP contribution in [0.15, 0.2) is 29.8 Å². The van der Waals surface area contributed by atoms with E-state index >= 15 is 0 Å². The van der Waals surface area contributed by atoms with E-state index in [1.807, 2.05) is 31.0 Å². The van der Waals surface area contributed by atoms with Gasteiger partial charge in [-0.3, -0.25) is 9.48 Å². The zero-order valence-corrected chi connectivity index (χ0v) is 16.3. The number of piperidine rings is 1. The molecule has 3 heterocycles. The third kappa shape index (κ3) is 5.04. The Balaban J connectivity index is 0.00000225. The van der Waals surface area contributed by atoms with Crippen molar-refractivity contribution in [2.24, 2.45) is 0 Å². The summed E-state index contributed by atoms with van der Waals surface area (Å²) in [7, 11) is 4.06. The van der Waals surface area contributed by atoms with E-state index in [1.54, 1.807) is 17.4 Å². The molecule has 0 aliphatic carbocycles. The highest BCUT2D eigenvalue weighted by atomic mass is 35.5. The third-order valence-corrected chi connectivity index (χ3v) is 5.41. The Kier molecular flexibility index (Phi) is 7.43. The lowest BCUT2D eigenvalue weighted by Gasteiger charge is -2.23. The first-order valence-electron chi connectivity index (χ1n) is 8.39. The first kappa shape index (κ1) is 19.9. The third-order valence-electron chi connectivity index (χ3n) is 4.44. The van der Waals surface area contributed by atoms with Crippen LogP contribution in [0.4, 0.5) is 0 Å². The average Bonchev–Trinajstić information content (AvgIpc) is 3.27. The van der Waals surface area contributed by atoms with Crippen LogP contribution >= 0.6 is 23.7 Å². The maximum Gasteiger partial charge on any atom is 0.271 e. The van der Waals surface area contributed by atoms with Gasteiger partial charge < -0.3 is 15.5 Å². The number of aromatic nitrogens is 2. The van der Waals surface area contributed by atoms with Crippen LogP contribution in [-0.4, -0.2) is 54.3 Å². The summed E-state index contributed by atoms with van der Waals surface area (Å²) in [5.74, 6) is -0.110. The van der Waals surface area contributed by atoms with Crippen molar-refractivity contribution in [3.05, 3.63) is 40.3 Å². The molecule has 138 valence electrons. The molecule has 0 spiro atoms. The number of nitrogens with one attached hydrogen (secondary N) is 2. The number of likely N-dealkylation sites (N-methyl/N-ethyl adjacent to an activating group) is 1. The van der Waals surface area contributed by atoms with Crippen LogP contribution < -0.4 is 10.6 Å². The summed E-state index contributed by atoms with van der Waals surface area (Å²) in [6.45, 7) is 2.56. The molecule has 0 bridgehead atoms. The zero-order valence-electron chi connectivity index (χ0n) is 14.6. The largest absolute Gasteiger partial charge is 0.349 e. The average molecular weight is 384 g/mol. The molecule has 2 unspecified atom stereocenters. The van der Waals surface area contributed by atoms with Crippen LogP contribution in [0.25, 0.3) is 0 Å². The lowest BCUT2D eigenvalue weighted by Crippen LogP contribution is -2.35. The molecule has 8 heteroatoms. The molecule has 2 aromatic rings. The van der Waals surface area contributed by atoms with E-state index in [4.69, 9.17) is 0 Å². The van der Waals surface area contributed by atoms with Crippen LogP contribution in [0.1, 0.15) is 40.3 Å². The number of carbonyl (C=O) groups excluding carboxylic acids is 1. The molecule has 6 nitrogen and oxygen atoms in total.